The molecular formula is C17H17N2O2S+. The summed E-state index contributed by atoms with van der Waals surface area (Å²) in [6.45, 7) is 0.295. The Balaban J connectivity index is 1.72. The van der Waals surface area contributed by atoms with Gasteiger partial charge >= 0.3 is 5.97 Å². The Kier molecular flexibility index (Phi) is 4.56. The van der Waals surface area contributed by atoms with E-state index in [-0.39, 0.29) is 5.97 Å². The van der Waals surface area contributed by atoms with Crippen molar-refractivity contribution in [1.82, 2.24) is 0 Å². The molecule has 4 nitrogen and oxygen atoms in total. The van der Waals surface area contributed by atoms with Crippen molar-refractivity contribution in [3.05, 3.63) is 59.7 Å². The first kappa shape index (κ1) is 14.8. The highest BCUT2D eigenvalue weighted by Crippen LogP contribution is 2.27. The smallest absolute Gasteiger partial charge is 0.316 e. The number of carbonyl (C=O) groups is 1. The third-order valence-electron chi connectivity index (χ3n) is 3.36. The third-order valence-corrected chi connectivity index (χ3v) is 3.88. The number of amidine groups is 1. The van der Waals surface area contributed by atoms with Crippen molar-refractivity contribution in [1.29, 1.82) is 0 Å². The lowest BCUT2D eigenvalue weighted by Crippen LogP contribution is -2.80. The molecule has 0 aliphatic carbocycles. The lowest BCUT2D eigenvalue weighted by Gasteiger charge is -2.04. The lowest BCUT2D eigenvalue weighted by molar-refractivity contribution is -0.437. The summed E-state index contributed by atoms with van der Waals surface area (Å²) in [6, 6.07) is 16.1. The average Bonchev–Trinajstić information content (AvgIpc) is 2.97. The number of thioether (sulfide) groups is 1. The number of rotatable bonds is 5. The normalized spacial score (nSPS) is 12.7. The highest BCUT2D eigenvalue weighted by Gasteiger charge is 2.21. The maximum Gasteiger partial charge on any atom is 0.316 e. The van der Waals surface area contributed by atoms with Crippen LogP contribution in [0.25, 0.3) is 0 Å². The third kappa shape index (κ3) is 3.37. The monoisotopic (exact) mass is 313 g/mol. The first-order chi connectivity index (χ1) is 10.8. The maximum atomic E-state index is 11.4. The van der Waals surface area contributed by atoms with Gasteiger partial charge in [0.05, 0.1) is 11.3 Å². The zero-order chi connectivity index (χ0) is 15.4. The molecule has 0 atom stereocenters. The quantitative estimate of drug-likeness (QED) is 0.681. The molecule has 0 unspecified atom stereocenters. The Bertz CT molecular complexity index is 714. The second-order valence-electron chi connectivity index (χ2n) is 4.99. The van der Waals surface area contributed by atoms with Crippen LogP contribution < -0.4 is 5.32 Å². The minimum absolute atomic E-state index is 0.187. The van der Waals surface area contributed by atoms with Gasteiger partial charge in [0.1, 0.15) is 12.3 Å². The molecule has 1 aliphatic heterocycles. The van der Waals surface area contributed by atoms with E-state index in [1.165, 1.54) is 11.8 Å². The van der Waals surface area contributed by atoms with Crippen LogP contribution in [-0.4, -0.2) is 23.8 Å². The summed E-state index contributed by atoms with van der Waals surface area (Å²) in [5, 5.41) is 2.08. The number of fused-ring (bicyclic) bond motifs is 1. The van der Waals surface area contributed by atoms with E-state index in [1.807, 2.05) is 54.8 Å². The molecule has 1 heterocycles. The average molecular weight is 313 g/mol. The van der Waals surface area contributed by atoms with Crippen molar-refractivity contribution in [3.8, 4) is 0 Å². The Morgan fingerprint density at radius 3 is 2.82 bits per heavy atom. The topological polar surface area (TPSA) is 55.3 Å². The second-order valence-corrected chi connectivity index (χ2v) is 5.86. The molecule has 2 aromatic carbocycles. The number of benzene rings is 2. The second kappa shape index (κ2) is 6.77. The summed E-state index contributed by atoms with van der Waals surface area (Å²) >= 11 is 1.46. The molecule has 5 heteroatoms. The molecule has 0 amide bonds. The zero-order valence-corrected chi connectivity index (χ0v) is 13.1. The summed E-state index contributed by atoms with van der Waals surface area (Å²) in [4.78, 5) is 16.1. The number of quaternary nitrogens is 1. The predicted octanol–water partition coefficient (Wildman–Crippen LogP) is 2.38. The summed E-state index contributed by atoms with van der Waals surface area (Å²) in [5.41, 5.74) is 4.08. The van der Waals surface area contributed by atoms with E-state index in [0.717, 1.165) is 28.3 Å². The molecule has 1 aliphatic rings. The largest absolute Gasteiger partial charge is 0.460 e. The number of esters is 1. The van der Waals surface area contributed by atoms with Crippen LogP contribution in [0.2, 0.25) is 0 Å². The first-order valence-electron chi connectivity index (χ1n) is 7.02. The molecule has 2 aromatic rings. The van der Waals surface area contributed by atoms with Gasteiger partial charge in [-0.15, -0.1) is 0 Å². The van der Waals surface area contributed by atoms with E-state index in [2.05, 4.69) is 10.3 Å². The van der Waals surface area contributed by atoms with Gasteiger partial charge in [-0.25, -0.2) is 0 Å². The van der Waals surface area contributed by atoms with Crippen LogP contribution in [0.3, 0.4) is 0 Å². The summed E-state index contributed by atoms with van der Waals surface area (Å²) in [5.74, 6) is 1.16. The molecule has 2 N–H and O–H groups in total. The van der Waals surface area contributed by atoms with Gasteiger partial charge < -0.3 is 4.74 Å². The number of nitrogens with two attached hydrogens (primary N) is 1. The standard InChI is InChI=1S/C17H16N2O2S/c1-22-11-16(20)21-10-12-7-8-14-15(9-12)19-17(18-14)13-5-3-2-4-6-13/h2-9H,10-11H2,1H3,(H,18,19)/p+1. The summed E-state index contributed by atoms with van der Waals surface area (Å²) < 4.78 is 5.22. The van der Waals surface area contributed by atoms with Gasteiger partial charge in [-0.3, -0.25) is 10.1 Å². The Hall–Kier alpha value is -2.11. The fraction of sp³-hybridized carbons (Fsp3) is 0.176. The van der Waals surface area contributed by atoms with Gasteiger partial charge in [0.25, 0.3) is 0 Å². The highest BCUT2D eigenvalue weighted by atomic mass is 32.2. The molecule has 0 spiro atoms. The molecule has 0 fully saturated rings. The summed E-state index contributed by atoms with van der Waals surface area (Å²) in [7, 11) is 0. The van der Waals surface area contributed by atoms with E-state index in [1.54, 1.807) is 0 Å². The van der Waals surface area contributed by atoms with Gasteiger partial charge in [0.2, 0.25) is 5.84 Å². The van der Waals surface area contributed by atoms with E-state index >= 15 is 0 Å². The molecule has 112 valence electrons. The molecule has 0 bridgehead atoms. The molecule has 0 aromatic heterocycles. The molecule has 0 saturated carbocycles. The number of hydrogen-bond donors (Lipinski definition) is 1. The van der Waals surface area contributed by atoms with Crippen LogP contribution in [0.1, 0.15) is 11.1 Å². The van der Waals surface area contributed by atoms with Crippen LogP contribution in [0.5, 0.6) is 0 Å². The molecular weight excluding hydrogens is 296 g/mol. The van der Waals surface area contributed by atoms with E-state index in [9.17, 15) is 4.79 Å². The van der Waals surface area contributed by atoms with Crippen LogP contribution in [0.4, 0.5) is 11.4 Å². The zero-order valence-electron chi connectivity index (χ0n) is 12.3. The van der Waals surface area contributed by atoms with Crippen LogP contribution in [-0.2, 0) is 16.1 Å². The predicted molar refractivity (Wildman–Crippen MR) is 88.8 cm³/mol. The number of carbonyl (C=O) groups excluding carboxylic acids is 1. The van der Waals surface area contributed by atoms with Gasteiger partial charge in [-0.2, -0.15) is 16.8 Å². The fourth-order valence-corrected chi connectivity index (χ4v) is 2.61. The maximum absolute atomic E-state index is 11.4. The van der Waals surface area contributed by atoms with Gasteiger partial charge in [-0.1, -0.05) is 18.2 Å². The Morgan fingerprint density at radius 1 is 1.23 bits per heavy atom. The van der Waals surface area contributed by atoms with Crippen molar-refractivity contribution in [2.75, 3.05) is 12.0 Å². The van der Waals surface area contributed by atoms with Crippen LogP contribution in [0, 0.1) is 0 Å². The first-order valence-corrected chi connectivity index (χ1v) is 8.42. The Labute approximate surface area is 133 Å². The van der Waals surface area contributed by atoms with Crippen molar-refractivity contribution in [2.24, 2.45) is 4.99 Å². The van der Waals surface area contributed by atoms with Crippen LogP contribution >= 0.6 is 11.8 Å². The van der Waals surface area contributed by atoms with E-state index in [4.69, 9.17) is 4.74 Å². The highest BCUT2D eigenvalue weighted by molar-refractivity contribution is 7.99. The number of aliphatic imine (C=N–C) groups is 1. The minimum atomic E-state index is -0.187. The minimum Gasteiger partial charge on any atom is -0.460 e. The lowest BCUT2D eigenvalue weighted by atomic mass is 10.2. The molecule has 22 heavy (non-hydrogen) atoms. The van der Waals surface area contributed by atoms with Crippen molar-refractivity contribution >= 4 is 34.9 Å². The van der Waals surface area contributed by atoms with E-state index in [0.29, 0.717) is 12.4 Å². The SMILES string of the molecule is CSCC(=O)OCc1ccc2c(c1)N=C(c1ccccc1)[NH2+]2. The van der Waals surface area contributed by atoms with Gasteiger partial charge in [0.15, 0.2) is 5.69 Å². The van der Waals surface area contributed by atoms with Crippen LogP contribution in [0.15, 0.2) is 53.5 Å². The van der Waals surface area contributed by atoms with Crippen molar-refractivity contribution in [3.63, 3.8) is 0 Å². The van der Waals surface area contributed by atoms with E-state index < -0.39 is 0 Å². The van der Waals surface area contributed by atoms with Gasteiger partial charge in [-0.05, 0) is 36.1 Å². The molecule has 0 saturated heterocycles. The molecule has 0 radical (unpaired) electrons. The summed E-state index contributed by atoms with van der Waals surface area (Å²) in [6.07, 6.45) is 1.88. The number of ether oxygens (including phenoxy) is 1. The van der Waals surface area contributed by atoms with Crippen molar-refractivity contribution in [2.45, 2.75) is 6.61 Å². The number of nitrogens with zero attached hydrogens (tertiary/aromatic N) is 1. The number of hydrogen-bond acceptors (Lipinski definition) is 4. The fourth-order valence-electron chi connectivity index (χ4n) is 2.29. The van der Waals surface area contributed by atoms with Gasteiger partial charge in [0, 0.05) is 6.07 Å². The van der Waals surface area contributed by atoms with Crippen molar-refractivity contribution < 1.29 is 14.8 Å². The Morgan fingerprint density at radius 2 is 2.05 bits per heavy atom. The molecule has 3 rings (SSSR count).